The number of imidazole rings is 1. The Morgan fingerprint density at radius 3 is 2.82 bits per heavy atom. The Morgan fingerprint density at radius 2 is 2.00 bits per heavy atom. The SMILES string of the molecule is C[C@H](Nc1ccc2ncc(-c3cc(CO)ccn3)n2n1)c1cc(F)ccc1O. The number of pyridine rings is 1. The highest BCUT2D eigenvalue weighted by atomic mass is 19.1. The van der Waals surface area contributed by atoms with Crippen LogP contribution in [0.3, 0.4) is 0 Å². The number of hydrogen-bond donors (Lipinski definition) is 3. The molecular formula is C20H18FN5O2. The molecule has 0 fully saturated rings. The number of rotatable bonds is 5. The lowest BCUT2D eigenvalue weighted by Crippen LogP contribution is -2.10. The molecule has 0 aliphatic heterocycles. The van der Waals surface area contributed by atoms with Gasteiger partial charge in [0.05, 0.1) is 24.5 Å². The molecule has 0 saturated carbocycles. The molecule has 0 bridgehead atoms. The number of phenols is 1. The minimum absolute atomic E-state index is 0.0100. The molecule has 0 saturated heterocycles. The van der Waals surface area contributed by atoms with Crippen LogP contribution in [0.4, 0.5) is 10.2 Å². The highest BCUT2D eigenvalue weighted by Gasteiger charge is 2.14. The van der Waals surface area contributed by atoms with Crippen molar-refractivity contribution >= 4 is 11.5 Å². The predicted octanol–water partition coefficient (Wildman–Crippen LogP) is 3.30. The maximum atomic E-state index is 13.5. The zero-order valence-electron chi connectivity index (χ0n) is 15.0. The number of benzene rings is 1. The Hall–Kier alpha value is -3.52. The van der Waals surface area contributed by atoms with E-state index in [0.29, 0.717) is 28.4 Å². The monoisotopic (exact) mass is 379 g/mol. The Bertz CT molecular complexity index is 1140. The van der Waals surface area contributed by atoms with Crippen LogP contribution in [-0.4, -0.2) is 29.8 Å². The van der Waals surface area contributed by atoms with Crippen molar-refractivity contribution in [1.29, 1.82) is 0 Å². The van der Waals surface area contributed by atoms with E-state index in [1.54, 1.807) is 41.2 Å². The number of nitrogens with one attached hydrogen (secondary N) is 1. The summed E-state index contributed by atoms with van der Waals surface area (Å²) in [4.78, 5) is 8.67. The molecule has 0 unspecified atom stereocenters. The maximum absolute atomic E-state index is 13.5. The average molecular weight is 379 g/mol. The van der Waals surface area contributed by atoms with E-state index in [9.17, 15) is 14.6 Å². The molecule has 28 heavy (non-hydrogen) atoms. The summed E-state index contributed by atoms with van der Waals surface area (Å²) in [6.45, 7) is 1.72. The molecule has 1 atom stereocenters. The summed E-state index contributed by atoms with van der Waals surface area (Å²) in [6, 6.07) is 10.5. The van der Waals surface area contributed by atoms with Crippen molar-refractivity contribution < 1.29 is 14.6 Å². The van der Waals surface area contributed by atoms with Gasteiger partial charge in [0.1, 0.15) is 23.1 Å². The van der Waals surface area contributed by atoms with Crippen LogP contribution in [0.1, 0.15) is 24.1 Å². The van der Waals surface area contributed by atoms with E-state index in [2.05, 4.69) is 20.4 Å². The molecule has 0 radical (unpaired) electrons. The van der Waals surface area contributed by atoms with Gasteiger partial charge in [-0.1, -0.05) is 0 Å². The number of halogens is 1. The standard InChI is InChI=1S/C20H18FN5O2/c1-12(15-9-14(21)2-3-18(15)28)24-19-4-5-20-23-10-17(26(20)25-19)16-8-13(11-27)6-7-22-16/h2-10,12,27-28H,11H2,1H3,(H,24,25)/t12-/m0/s1. The molecule has 4 aromatic rings. The van der Waals surface area contributed by atoms with Crippen LogP contribution >= 0.6 is 0 Å². The molecule has 3 heterocycles. The average Bonchev–Trinajstić information content (AvgIpc) is 3.13. The normalized spacial score (nSPS) is 12.2. The van der Waals surface area contributed by atoms with E-state index < -0.39 is 5.82 Å². The summed E-state index contributed by atoms with van der Waals surface area (Å²) in [6.07, 6.45) is 3.29. The molecule has 3 N–H and O–H groups in total. The van der Waals surface area contributed by atoms with Gasteiger partial charge in [0.25, 0.3) is 0 Å². The van der Waals surface area contributed by atoms with Crippen molar-refractivity contribution in [3.05, 3.63) is 71.8 Å². The lowest BCUT2D eigenvalue weighted by Gasteiger charge is -2.16. The zero-order chi connectivity index (χ0) is 19.7. The van der Waals surface area contributed by atoms with Gasteiger partial charge in [-0.25, -0.2) is 13.9 Å². The quantitative estimate of drug-likeness (QED) is 0.492. The Kier molecular flexibility index (Phi) is 4.62. The summed E-state index contributed by atoms with van der Waals surface area (Å²) >= 11 is 0. The van der Waals surface area contributed by atoms with Crippen molar-refractivity contribution in [2.24, 2.45) is 0 Å². The summed E-state index contributed by atoms with van der Waals surface area (Å²) in [5, 5.41) is 27.0. The van der Waals surface area contributed by atoms with E-state index in [-0.39, 0.29) is 18.4 Å². The summed E-state index contributed by atoms with van der Waals surface area (Å²) in [5.74, 6) is 0.119. The first-order valence-corrected chi connectivity index (χ1v) is 8.71. The van der Waals surface area contributed by atoms with Gasteiger partial charge < -0.3 is 15.5 Å². The van der Waals surface area contributed by atoms with Gasteiger partial charge in [0, 0.05) is 11.8 Å². The molecule has 0 aliphatic rings. The van der Waals surface area contributed by atoms with Gasteiger partial charge >= 0.3 is 0 Å². The lowest BCUT2D eigenvalue weighted by atomic mass is 10.1. The molecule has 142 valence electrons. The third kappa shape index (κ3) is 3.37. The van der Waals surface area contributed by atoms with Crippen LogP contribution in [0, 0.1) is 5.82 Å². The number of aliphatic hydroxyl groups excluding tert-OH is 1. The van der Waals surface area contributed by atoms with Crippen LogP contribution in [0.25, 0.3) is 17.0 Å². The molecule has 0 amide bonds. The minimum atomic E-state index is -0.420. The number of fused-ring (bicyclic) bond motifs is 1. The fourth-order valence-corrected chi connectivity index (χ4v) is 3.01. The minimum Gasteiger partial charge on any atom is -0.508 e. The third-order valence-corrected chi connectivity index (χ3v) is 4.45. The Morgan fingerprint density at radius 1 is 1.14 bits per heavy atom. The van der Waals surface area contributed by atoms with Crippen molar-refractivity contribution in [2.75, 3.05) is 5.32 Å². The van der Waals surface area contributed by atoms with E-state index >= 15 is 0 Å². The summed E-state index contributed by atoms with van der Waals surface area (Å²) in [5.41, 5.74) is 3.13. The lowest BCUT2D eigenvalue weighted by molar-refractivity contribution is 0.282. The second-order valence-electron chi connectivity index (χ2n) is 6.41. The fraction of sp³-hybridized carbons (Fsp3) is 0.150. The molecule has 3 aromatic heterocycles. The van der Waals surface area contributed by atoms with Gasteiger partial charge in [-0.05, 0) is 55.0 Å². The van der Waals surface area contributed by atoms with E-state index in [0.717, 1.165) is 5.56 Å². The molecule has 1 aromatic carbocycles. The fourth-order valence-electron chi connectivity index (χ4n) is 3.01. The van der Waals surface area contributed by atoms with Gasteiger partial charge in [-0.2, -0.15) is 0 Å². The topological polar surface area (TPSA) is 95.6 Å². The molecule has 0 aliphatic carbocycles. The highest BCUT2D eigenvalue weighted by molar-refractivity contribution is 5.61. The van der Waals surface area contributed by atoms with Crippen molar-refractivity contribution in [1.82, 2.24) is 19.6 Å². The molecule has 7 nitrogen and oxygen atoms in total. The van der Waals surface area contributed by atoms with Crippen molar-refractivity contribution in [3.8, 4) is 17.1 Å². The molecule has 8 heteroatoms. The van der Waals surface area contributed by atoms with E-state index in [4.69, 9.17) is 0 Å². The number of anilines is 1. The molecule has 0 spiro atoms. The predicted molar refractivity (Wildman–Crippen MR) is 102 cm³/mol. The molecular weight excluding hydrogens is 361 g/mol. The summed E-state index contributed by atoms with van der Waals surface area (Å²) in [7, 11) is 0. The third-order valence-electron chi connectivity index (χ3n) is 4.45. The van der Waals surface area contributed by atoms with Crippen LogP contribution in [0.2, 0.25) is 0 Å². The highest BCUT2D eigenvalue weighted by Crippen LogP contribution is 2.27. The number of aromatic nitrogens is 4. The van der Waals surface area contributed by atoms with E-state index in [1.165, 1.54) is 18.2 Å². The second-order valence-corrected chi connectivity index (χ2v) is 6.41. The maximum Gasteiger partial charge on any atom is 0.154 e. The molecule has 4 rings (SSSR count). The van der Waals surface area contributed by atoms with Crippen molar-refractivity contribution in [3.63, 3.8) is 0 Å². The van der Waals surface area contributed by atoms with E-state index in [1.807, 2.05) is 6.92 Å². The first-order valence-electron chi connectivity index (χ1n) is 8.71. The van der Waals surface area contributed by atoms with Crippen LogP contribution in [-0.2, 0) is 6.61 Å². The number of aromatic hydroxyl groups is 1. The van der Waals surface area contributed by atoms with Gasteiger partial charge in [-0.3, -0.25) is 4.98 Å². The summed E-state index contributed by atoms with van der Waals surface area (Å²) < 4.78 is 15.2. The largest absolute Gasteiger partial charge is 0.508 e. The van der Waals surface area contributed by atoms with Crippen LogP contribution < -0.4 is 5.32 Å². The number of hydrogen-bond acceptors (Lipinski definition) is 6. The van der Waals surface area contributed by atoms with Gasteiger partial charge in [0.2, 0.25) is 0 Å². The smallest absolute Gasteiger partial charge is 0.154 e. The Labute approximate surface area is 160 Å². The van der Waals surface area contributed by atoms with Crippen LogP contribution in [0.5, 0.6) is 5.75 Å². The zero-order valence-corrected chi connectivity index (χ0v) is 15.0. The first-order chi connectivity index (χ1) is 13.5. The van der Waals surface area contributed by atoms with Gasteiger partial charge in [0.15, 0.2) is 5.65 Å². The first kappa shape index (κ1) is 17.9. The number of phenolic OH excluding ortho intramolecular Hbond substituents is 1. The van der Waals surface area contributed by atoms with Crippen LogP contribution in [0.15, 0.2) is 54.9 Å². The second kappa shape index (κ2) is 7.24. The number of nitrogens with zero attached hydrogens (tertiary/aromatic N) is 4. The van der Waals surface area contributed by atoms with Crippen molar-refractivity contribution in [2.45, 2.75) is 19.6 Å². The number of aliphatic hydroxyl groups is 1. The Balaban J connectivity index is 1.68. The van der Waals surface area contributed by atoms with Gasteiger partial charge in [-0.15, -0.1) is 5.10 Å².